The lowest BCUT2D eigenvalue weighted by atomic mass is 10.0. The molecule has 1 N–H and O–H groups in total. The number of hydrogen-bond donors (Lipinski definition) is 1. The minimum Gasteiger partial charge on any atom is -0.320 e. The van der Waals surface area contributed by atoms with Crippen molar-refractivity contribution >= 4 is 17.3 Å². The van der Waals surface area contributed by atoms with Crippen molar-refractivity contribution in [2.75, 3.05) is 26.7 Å². The Labute approximate surface area is 115 Å². The van der Waals surface area contributed by atoms with Crippen LogP contribution in [0.15, 0.2) is 0 Å². The molecule has 1 atom stereocenters. The van der Waals surface area contributed by atoms with Crippen LogP contribution in [-0.2, 0) is 14.4 Å². The Morgan fingerprint density at radius 3 is 1.89 bits per heavy atom. The van der Waals surface area contributed by atoms with Crippen LogP contribution in [-0.4, -0.2) is 55.0 Å². The molecule has 0 spiro atoms. The Bertz CT molecular complexity index is 300. The molecule has 0 aliphatic carbocycles. The maximum absolute atomic E-state index is 11.7. The van der Waals surface area contributed by atoms with Crippen molar-refractivity contribution in [1.29, 1.82) is 0 Å². The Hall–Kier alpha value is -1.07. The first-order valence-corrected chi connectivity index (χ1v) is 6.76. The maximum atomic E-state index is 11.7. The van der Waals surface area contributed by atoms with E-state index in [-0.39, 0.29) is 36.5 Å². The molecule has 1 unspecified atom stereocenters. The minimum absolute atomic E-state index is 0.0203. The predicted molar refractivity (Wildman–Crippen MR) is 75.2 cm³/mol. The van der Waals surface area contributed by atoms with Crippen LogP contribution in [0, 0.1) is 0 Å². The normalized spacial score (nSPS) is 12.5. The summed E-state index contributed by atoms with van der Waals surface area (Å²) in [5.74, 6) is -0.0302. The van der Waals surface area contributed by atoms with Crippen LogP contribution < -0.4 is 5.32 Å². The molecule has 0 aromatic heterocycles. The molecule has 0 heterocycles. The third-order valence-electron chi connectivity index (χ3n) is 2.92. The molecular formula is C14H26N2O3. The summed E-state index contributed by atoms with van der Waals surface area (Å²) in [6.07, 6.45) is 2.57. The molecule has 0 aliphatic heterocycles. The third-order valence-corrected chi connectivity index (χ3v) is 2.92. The lowest BCUT2D eigenvalue weighted by molar-refractivity contribution is -0.127. The molecule has 0 aromatic rings. The zero-order chi connectivity index (χ0) is 14.8. The maximum Gasteiger partial charge on any atom is 0.146 e. The highest BCUT2D eigenvalue weighted by Crippen LogP contribution is 2.10. The van der Waals surface area contributed by atoms with Crippen molar-refractivity contribution in [3.05, 3.63) is 0 Å². The van der Waals surface area contributed by atoms with E-state index in [1.165, 1.54) is 20.8 Å². The van der Waals surface area contributed by atoms with Gasteiger partial charge >= 0.3 is 0 Å². The SMILES string of the molecule is CNCCCCC(C(C)=O)N(CC(C)=O)CC(C)=O. The third kappa shape index (κ3) is 8.61. The van der Waals surface area contributed by atoms with Crippen molar-refractivity contribution in [3.8, 4) is 0 Å². The molecule has 0 bridgehead atoms. The van der Waals surface area contributed by atoms with Gasteiger partial charge in [-0.25, -0.2) is 0 Å². The summed E-state index contributed by atoms with van der Waals surface area (Å²) in [4.78, 5) is 36.0. The summed E-state index contributed by atoms with van der Waals surface area (Å²) in [7, 11) is 1.89. The van der Waals surface area contributed by atoms with Crippen LogP contribution in [0.2, 0.25) is 0 Å². The van der Waals surface area contributed by atoms with E-state index < -0.39 is 0 Å². The number of carbonyl (C=O) groups is 3. The summed E-state index contributed by atoms with van der Waals surface area (Å²) in [6.45, 7) is 5.71. The first-order valence-electron chi connectivity index (χ1n) is 6.76. The van der Waals surface area contributed by atoms with Crippen molar-refractivity contribution in [3.63, 3.8) is 0 Å². The molecule has 0 amide bonds. The van der Waals surface area contributed by atoms with E-state index in [1.807, 2.05) is 7.05 Å². The molecule has 110 valence electrons. The number of Topliss-reactive ketones (excluding diaryl/α,β-unsaturated/α-hetero) is 3. The van der Waals surface area contributed by atoms with E-state index in [4.69, 9.17) is 0 Å². The molecule has 0 fully saturated rings. The van der Waals surface area contributed by atoms with E-state index in [0.717, 1.165) is 19.4 Å². The Balaban J connectivity index is 4.59. The molecule has 5 nitrogen and oxygen atoms in total. The zero-order valence-electron chi connectivity index (χ0n) is 12.5. The van der Waals surface area contributed by atoms with E-state index in [0.29, 0.717) is 6.42 Å². The van der Waals surface area contributed by atoms with Gasteiger partial charge in [0.25, 0.3) is 0 Å². The highest BCUT2D eigenvalue weighted by molar-refractivity contribution is 5.85. The predicted octanol–water partition coefficient (Wildman–Crippen LogP) is 0.814. The first kappa shape index (κ1) is 17.9. The van der Waals surface area contributed by atoms with Gasteiger partial charge in [-0.15, -0.1) is 0 Å². The van der Waals surface area contributed by atoms with Gasteiger partial charge in [-0.1, -0.05) is 6.42 Å². The molecule has 19 heavy (non-hydrogen) atoms. The fourth-order valence-corrected chi connectivity index (χ4v) is 2.13. The highest BCUT2D eigenvalue weighted by atomic mass is 16.1. The van der Waals surface area contributed by atoms with Crippen molar-refractivity contribution < 1.29 is 14.4 Å². The second-order valence-corrected chi connectivity index (χ2v) is 5.03. The fourth-order valence-electron chi connectivity index (χ4n) is 2.13. The Morgan fingerprint density at radius 2 is 1.53 bits per heavy atom. The van der Waals surface area contributed by atoms with Crippen LogP contribution in [0.25, 0.3) is 0 Å². The van der Waals surface area contributed by atoms with E-state index in [2.05, 4.69) is 5.32 Å². The van der Waals surface area contributed by atoms with Gasteiger partial charge in [-0.05, 0) is 47.2 Å². The summed E-state index contributed by atoms with van der Waals surface area (Å²) >= 11 is 0. The molecule has 0 saturated carbocycles. The van der Waals surface area contributed by atoms with Gasteiger partial charge < -0.3 is 5.32 Å². The smallest absolute Gasteiger partial charge is 0.146 e. The Kier molecular flexibility index (Phi) is 9.26. The van der Waals surface area contributed by atoms with Gasteiger partial charge in [0.05, 0.1) is 19.1 Å². The largest absolute Gasteiger partial charge is 0.320 e. The van der Waals surface area contributed by atoms with Gasteiger partial charge in [0.1, 0.15) is 17.3 Å². The van der Waals surface area contributed by atoms with E-state index in [1.54, 1.807) is 4.90 Å². The standard InChI is InChI=1S/C14H26N2O3/c1-11(17)9-16(10-12(2)18)14(13(3)19)7-5-6-8-15-4/h14-15H,5-10H2,1-4H3. The van der Waals surface area contributed by atoms with Crippen LogP contribution in [0.5, 0.6) is 0 Å². The number of carbonyl (C=O) groups excluding carboxylic acids is 3. The van der Waals surface area contributed by atoms with E-state index in [9.17, 15) is 14.4 Å². The lowest BCUT2D eigenvalue weighted by Crippen LogP contribution is -2.45. The molecule has 0 radical (unpaired) electrons. The van der Waals surface area contributed by atoms with Gasteiger partial charge in [0.15, 0.2) is 0 Å². The van der Waals surface area contributed by atoms with Gasteiger partial charge in [-0.2, -0.15) is 0 Å². The molecule has 5 heteroatoms. The fraction of sp³-hybridized carbons (Fsp3) is 0.786. The van der Waals surface area contributed by atoms with Crippen LogP contribution in [0.1, 0.15) is 40.0 Å². The molecule has 0 saturated heterocycles. The number of ketones is 3. The van der Waals surface area contributed by atoms with Crippen molar-refractivity contribution in [2.45, 2.75) is 46.1 Å². The second kappa shape index (κ2) is 9.81. The number of nitrogens with one attached hydrogen (secondary N) is 1. The van der Waals surface area contributed by atoms with E-state index >= 15 is 0 Å². The summed E-state index contributed by atoms with van der Waals surface area (Å²) < 4.78 is 0. The number of nitrogens with zero attached hydrogens (tertiary/aromatic N) is 1. The summed E-state index contributed by atoms with van der Waals surface area (Å²) in [6, 6.07) is -0.329. The first-order chi connectivity index (χ1) is 8.88. The molecular weight excluding hydrogens is 244 g/mol. The number of unbranched alkanes of at least 4 members (excludes halogenated alkanes) is 1. The monoisotopic (exact) mass is 270 g/mol. The second-order valence-electron chi connectivity index (χ2n) is 5.03. The van der Waals surface area contributed by atoms with Crippen molar-refractivity contribution in [1.82, 2.24) is 10.2 Å². The van der Waals surface area contributed by atoms with Gasteiger partial charge in [-0.3, -0.25) is 19.3 Å². The average Bonchev–Trinajstić information content (AvgIpc) is 2.26. The topological polar surface area (TPSA) is 66.5 Å². The van der Waals surface area contributed by atoms with Crippen LogP contribution >= 0.6 is 0 Å². The number of hydrogen-bond acceptors (Lipinski definition) is 5. The summed E-state index contributed by atoms with van der Waals surface area (Å²) in [5.41, 5.74) is 0. The van der Waals surface area contributed by atoms with Gasteiger partial charge in [0.2, 0.25) is 0 Å². The van der Waals surface area contributed by atoms with Crippen LogP contribution in [0.4, 0.5) is 0 Å². The molecule has 0 aromatic carbocycles. The molecule has 0 aliphatic rings. The highest BCUT2D eigenvalue weighted by Gasteiger charge is 2.24. The van der Waals surface area contributed by atoms with Crippen molar-refractivity contribution in [2.24, 2.45) is 0 Å². The van der Waals surface area contributed by atoms with Crippen LogP contribution in [0.3, 0.4) is 0 Å². The quantitative estimate of drug-likeness (QED) is 0.563. The average molecular weight is 270 g/mol. The zero-order valence-corrected chi connectivity index (χ0v) is 12.5. The Morgan fingerprint density at radius 1 is 1.00 bits per heavy atom. The van der Waals surface area contributed by atoms with Gasteiger partial charge in [0, 0.05) is 0 Å². The summed E-state index contributed by atoms with van der Waals surface area (Å²) in [5, 5.41) is 3.06. The molecule has 0 rings (SSSR count). The minimum atomic E-state index is -0.329. The lowest BCUT2D eigenvalue weighted by Gasteiger charge is -2.28. The number of rotatable bonds is 11.